The maximum atomic E-state index is 12.6. The number of amides is 1. The molecule has 1 amide bonds. The lowest BCUT2D eigenvalue weighted by atomic mass is 10.1. The van der Waals surface area contributed by atoms with Crippen molar-refractivity contribution in [2.75, 3.05) is 12.3 Å². The van der Waals surface area contributed by atoms with Gasteiger partial charge in [-0.05, 0) is 11.6 Å². The second-order valence-electron chi connectivity index (χ2n) is 5.52. The molecule has 0 saturated heterocycles. The van der Waals surface area contributed by atoms with Crippen LogP contribution in [0.5, 0.6) is 0 Å². The molecule has 0 atom stereocenters. The molecule has 2 aromatic heterocycles. The summed E-state index contributed by atoms with van der Waals surface area (Å²) in [7, 11) is 0. The number of carbonyl (C=O) groups is 1. The largest absolute Gasteiger partial charge is 0.375 e. The van der Waals surface area contributed by atoms with Crippen LogP contribution in [0.1, 0.15) is 16.1 Å². The first-order valence-corrected chi connectivity index (χ1v) is 8.09. The highest BCUT2D eigenvalue weighted by molar-refractivity contribution is 7.15. The van der Waals surface area contributed by atoms with E-state index >= 15 is 0 Å². The van der Waals surface area contributed by atoms with Gasteiger partial charge in [0.1, 0.15) is 0 Å². The van der Waals surface area contributed by atoms with Gasteiger partial charge >= 0.3 is 0 Å². The third-order valence-corrected chi connectivity index (χ3v) is 5.03. The van der Waals surface area contributed by atoms with Gasteiger partial charge in [0, 0.05) is 34.9 Å². The first-order chi connectivity index (χ1) is 10.7. The molecular weight excluding hydrogens is 296 g/mol. The summed E-state index contributed by atoms with van der Waals surface area (Å²) in [5, 5.41) is 1.71. The van der Waals surface area contributed by atoms with E-state index in [4.69, 9.17) is 5.73 Å². The molecule has 6 heteroatoms. The van der Waals surface area contributed by atoms with Crippen molar-refractivity contribution in [3.05, 3.63) is 46.6 Å². The zero-order chi connectivity index (χ0) is 15.1. The first kappa shape index (κ1) is 13.3. The summed E-state index contributed by atoms with van der Waals surface area (Å²) in [6.07, 6.45) is 3.15. The van der Waals surface area contributed by atoms with E-state index in [0.717, 1.165) is 40.0 Å². The Labute approximate surface area is 131 Å². The fourth-order valence-electron chi connectivity index (χ4n) is 2.98. The summed E-state index contributed by atoms with van der Waals surface area (Å²) in [5.74, 6) is 0.155. The van der Waals surface area contributed by atoms with Crippen molar-refractivity contribution in [2.45, 2.75) is 19.4 Å². The maximum Gasteiger partial charge on any atom is 0.227 e. The molecule has 3 aromatic rings. The third-order valence-electron chi connectivity index (χ3n) is 4.12. The molecule has 0 aliphatic carbocycles. The lowest BCUT2D eigenvalue weighted by Gasteiger charge is -2.26. The van der Waals surface area contributed by atoms with Crippen molar-refractivity contribution < 1.29 is 4.79 Å². The summed E-state index contributed by atoms with van der Waals surface area (Å²) in [6.45, 7) is 1.35. The summed E-state index contributed by atoms with van der Waals surface area (Å²) in [6, 6.07) is 8.06. The number of rotatable bonds is 2. The average Bonchev–Trinajstić information content (AvgIpc) is 3.09. The molecule has 0 bridgehead atoms. The number of benzene rings is 1. The van der Waals surface area contributed by atoms with Gasteiger partial charge in [-0.15, -0.1) is 11.3 Å². The molecule has 0 spiro atoms. The second-order valence-corrected chi connectivity index (χ2v) is 6.64. The number of nitrogens with zero attached hydrogens (tertiary/aromatic N) is 2. The lowest BCUT2D eigenvalue weighted by Crippen LogP contribution is -2.36. The lowest BCUT2D eigenvalue weighted by molar-refractivity contribution is -0.131. The van der Waals surface area contributed by atoms with Gasteiger partial charge in [0.05, 0.1) is 18.7 Å². The molecule has 0 fully saturated rings. The van der Waals surface area contributed by atoms with E-state index in [-0.39, 0.29) is 5.91 Å². The van der Waals surface area contributed by atoms with E-state index in [1.54, 1.807) is 0 Å². The Hall–Kier alpha value is -2.34. The van der Waals surface area contributed by atoms with Crippen molar-refractivity contribution >= 4 is 33.3 Å². The zero-order valence-corrected chi connectivity index (χ0v) is 12.8. The Kier molecular flexibility index (Phi) is 3.11. The molecule has 4 rings (SSSR count). The highest BCUT2D eigenvalue weighted by Gasteiger charge is 2.24. The number of aromatic nitrogens is 2. The minimum absolute atomic E-state index is 0.155. The topological polar surface area (TPSA) is 75.0 Å². The molecule has 0 saturated carbocycles. The van der Waals surface area contributed by atoms with Crippen LogP contribution in [-0.4, -0.2) is 27.3 Å². The Morgan fingerprint density at radius 1 is 1.41 bits per heavy atom. The van der Waals surface area contributed by atoms with E-state index in [2.05, 4.69) is 9.97 Å². The third kappa shape index (κ3) is 2.25. The molecule has 5 nitrogen and oxygen atoms in total. The number of carbonyl (C=O) groups excluding carboxylic acids is 1. The van der Waals surface area contributed by atoms with Gasteiger partial charge in [0.2, 0.25) is 5.91 Å². The standard InChI is InChI=1S/C16H16N4OS/c17-16-19-13-5-6-20(9-14(13)22-16)15(21)7-10-8-18-12-4-2-1-3-11(10)12/h1-4,8,18H,5-7,9H2,(H2,17,19). The normalized spacial score (nSPS) is 14.3. The number of hydrogen-bond acceptors (Lipinski definition) is 4. The van der Waals surface area contributed by atoms with E-state index in [0.29, 0.717) is 18.1 Å². The molecular formula is C16H16N4OS. The maximum absolute atomic E-state index is 12.6. The molecule has 112 valence electrons. The van der Waals surface area contributed by atoms with Gasteiger partial charge in [0.15, 0.2) is 5.13 Å². The molecule has 0 radical (unpaired) electrons. The van der Waals surface area contributed by atoms with Gasteiger partial charge in [0.25, 0.3) is 0 Å². The van der Waals surface area contributed by atoms with Crippen molar-refractivity contribution in [1.29, 1.82) is 0 Å². The van der Waals surface area contributed by atoms with Crippen LogP contribution in [-0.2, 0) is 24.2 Å². The molecule has 1 aliphatic rings. The number of fused-ring (bicyclic) bond motifs is 2. The van der Waals surface area contributed by atoms with Gasteiger partial charge in [-0.25, -0.2) is 4.98 Å². The van der Waals surface area contributed by atoms with Gasteiger partial charge in [-0.1, -0.05) is 18.2 Å². The SMILES string of the molecule is Nc1nc2c(s1)CN(C(=O)Cc1c[nH]c3ccccc13)CC2. The predicted molar refractivity (Wildman–Crippen MR) is 87.7 cm³/mol. The van der Waals surface area contributed by atoms with E-state index in [1.807, 2.05) is 35.4 Å². The molecule has 3 heterocycles. The number of thiazole rings is 1. The van der Waals surface area contributed by atoms with Gasteiger partial charge in [-0.3, -0.25) is 4.79 Å². The number of nitrogen functional groups attached to an aromatic ring is 1. The van der Waals surface area contributed by atoms with Crippen molar-refractivity contribution in [1.82, 2.24) is 14.9 Å². The molecule has 0 unspecified atom stereocenters. The fourth-order valence-corrected chi connectivity index (χ4v) is 3.88. The fraction of sp³-hybridized carbons (Fsp3) is 0.250. The summed E-state index contributed by atoms with van der Waals surface area (Å²) in [5.41, 5.74) is 8.93. The van der Waals surface area contributed by atoms with Crippen LogP contribution in [0.2, 0.25) is 0 Å². The highest BCUT2D eigenvalue weighted by atomic mass is 32.1. The number of hydrogen-bond donors (Lipinski definition) is 2. The van der Waals surface area contributed by atoms with Crippen molar-refractivity contribution in [3.63, 3.8) is 0 Å². The van der Waals surface area contributed by atoms with E-state index < -0.39 is 0 Å². The summed E-state index contributed by atoms with van der Waals surface area (Å²) < 4.78 is 0. The number of para-hydroxylation sites is 1. The van der Waals surface area contributed by atoms with Crippen LogP contribution < -0.4 is 5.73 Å². The van der Waals surface area contributed by atoms with Crippen LogP contribution in [0.4, 0.5) is 5.13 Å². The molecule has 1 aromatic carbocycles. The van der Waals surface area contributed by atoms with Crippen LogP contribution in [0.25, 0.3) is 10.9 Å². The summed E-state index contributed by atoms with van der Waals surface area (Å²) in [4.78, 5) is 23.2. The van der Waals surface area contributed by atoms with Crippen LogP contribution in [0, 0.1) is 0 Å². The Morgan fingerprint density at radius 3 is 3.18 bits per heavy atom. The van der Waals surface area contributed by atoms with Crippen LogP contribution >= 0.6 is 11.3 Å². The predicted octanol–water partition coefficient (Wildman–Crippen LogP) is 2.33. The molecule has 1 aliphatic heterocycles. The number of anilines is 1. The number of nitrogens with two attached hydrogens (primary N) is 1. The minimum Gasteiger partial charge on any atom is -0.375 e. The summed E-state index contributed by atoms with van der Waals surface area (Å²) >= 11 is 1.49. The number of H-pyrrole nitrogens is 1. The second kappa shape index (κ2) is 5.14. The van der Waals surface area contributed by atoms with Crippen molar-refractivity contribution in [2.24, 2.45) is 0 Å². The Morgan fingerprint density at radius 2 is 2.27 bits per heavy atom. The quantitative estimate of drug-likeness (QED) is 0.762. The first-order valence-electron chi connectivity index (χ1n) is 7.27. The van der Waals surface area contributed by atoms with Crippen LogP contribution in [0.3, 0.4) is 0 Å². The van der Waals surface area contributed by atoms with Crippen molar-refractivity contribution in [3.8, 4) is 0 Å². The Bertz CT molecular complexity index is 851. The number of aromatic amines is 1. The monoisotopic (exact) mass is 312 g/mol. The molecule has 3 N–H and O–H groups in total. The van der Waals surface area contributed by atoms with E-state index in [1.165, 1.54) is 11.3 Å². The Balaban J connectivity index is 1.53. The van der Waals surface area contributed by atoms with Gasteiger partial charge < -0.3 is 15.6 Å². The number of nitrogens with one attached hydrogen (secondary N) is 1. The zero-order valence-electron chi connectivity index (χ0n) is 12.0. The molecule has 22 heavy (non-hydrogen) atoms. The van der Waals surface area contributed by atoms with Crippen LogP contribution in [0.15, 0.2) is 30.5 Å². The highest BCUT2D eigenvalue weighted by Crippen LogP contribution is 2.27. The smallest absolute Gasteiger partial charge is 0.227 e. The minimum atomic E-state index is 0.155. The van der Waals surface area contributed by atoms with E-state index in [9.17, 15) is 4.79 Å². The average molecular weight is 312 g/mol. The van der Waals surface area contributed by atoms with Gasteiger partial charge in [-0.2, -0.15) is 0 Å².